The number of allylic oxidation sites excluding steroid dienone is 1. The van der Waals surface area contributed by atoms with Crippen LogP contribution in [0.5, 0.6) is 0 Å². The number of hydrogen-bond donors (Lipinski definition) is 0. The zero-order valence-electron chi connectivity index (χ0n) is 6.48. The Morgan fingerprint density at radius 2 is 1.50 bits per heavy atom. The minimum atomic E-state index is 0.436. The summed E-state index contributed by atoms with van der Waals surface area (Å²) in [7, 11) is 0. The van der Waals surface area contributed by atoms with Crippen LogP contribution in [-0.4, -0.2) is 0 Å². The van der Waals surface area contributed by atoms with Crippen molar-refractivity contribution in [3.8, 4) is 0 Å². The van der Waals surface area contributed by atoms with Crippen LogP contribution in [0.2, 0.25) is 0 Å². The van der Waals surface area contributed by atoms with Crippen molar-refractivity contribution >= 4 is 23.2 Å². The van der Waals surface area contributed by atoms with Crippen LogP contribution < -0.4 is 0 Å². The van der Waals surface area contributed by atoms with Gasteiger partial charge in [-0.25, -0.2) is 0 Å². The van der Waals surface area contributed by atoms with Gasteiger partial charge in [-0.3, -0.25) is 0 Å². The molecule has 0 fully saturated rings. The van der Waals surface area contributed by atoms with E-state index in [0.717, 1.165) is 18.4 Å². The SMILES string of the molecule is ClC(Cl)=C1Cc2ccccc2C1. The highest BCUT2D eigenvalue weighted by Gasteiger charge is 2.16. The molecule has 0 amide bonds. The molecule has 0 heterocycles. The molecular formula is C10H8Cl2. The van der Waals surface area contributed by atoms with Crippen LogP contribution >= 0.6 is 23.2 Å². The Morgan fingerprint density at radius 1 is 1.00 bits per heavy atom. The Morgan fingerprint density at radius 3 is 1.92 bits per heavy atom. The first kappa shape index (κ1) is 8.15. The van der Waals surface area contributed by atoms with Crippen LogP contribution in [0, 0.1) is 0 Å². The maximum Gasteiger partial charge on any atom is 0.106 e. The summed E-state index contributed by atoms with van der Waals surface area (Å²) in [5, 5.41) is 0. The summed E-state index contributed by atoms with van der Waals surface area (Å²) >= 11 is 11.4. The van der Waals surface area contributed by atoms with Gasteiger partial charge in [-0.1, -0.05) is 47.5 Å². The van der Waals surface area contributed by atoms with E-state index in [-0.39, 0.29) is 0 Å². The Balaban J connectivity index is 2.40. The van der Waals surface area contributed by atoms with Gasteiger partial charge in [0.15, 0.2) is 0 Å². The Bertz CT molecular complexity index is 308. The quantitative estimate of drug-likeness (QED) is 0.600. The topological polar surface area (TPSA) is 0 Å². The molecule has 62 valence electrons. The van der Waals surface area contributed by atoms with Crippen molar-refractivity contribution in [2.24, 2.45) is 0 Å². The lowest BCUT2D eigenvalue weighted by Crippen LogP contribution is -1.79. The van der Waals surface area contributed by atoms with Gasteiger partial charge in [0.05, 0.1) is 0 Å². The zero-order valence-corrected chi connectivity index (χ0v) is 7.99. The third-order valence-electron chi connectivity index (χ3n) is 2.19. The van der Waals surface area contributed by atoms with E-state index < -0.39 is 0 Å². The fraction of sp³-hybridized carbons (Fsp3) is 0.200. The van der Waals surface area contributed by atoms with Gasteiger partial charge in [0.25, 0.3) is 0 Å². The molecule has 12 heavy (non-hydrogen) atoms. The predicted molar refractivity (Wildman–Crippen MR) is 52.6 cm³/mol. The van der Waals surface area contributed by atoms with Crippen molar-refractivity contribution in [3.05, 3.63) is 45.5 Å². The van der Waals surface area contributed by atoms with Gasteiger partial charge < -0.3 is 0 Å². The average Bonchev–Trinajstić information content (AvgIpc) is 2.46. The fourth-order valence-electron chi connectivity index (χ4n) is 1.56. The van der Waals surface area contributed by atoms with Crippen molar-refractivity contribution in [3.63, 3.8) is 0 Å². The minimum absolute atomic E-state index is 0.436. The van der Waals surface area contributed by atoms with Crippen molar-refractivity contribution < 1.29 is 0 Å². The highest BCUT2D eigenvalue weighted by molar-refractivity contribution is 6.56. The van der Waals surface area contributed by atoms with Gasteiger partial charge in [-0.15, -0.1) is 0 Å². The molecule has 1 aliphatic rings. The maximum absolute atomic E-state index is 5.72. The van der Waals surface area contributed by atoms with E-state index in [0.29, 0.717) is 4.49 Å². The molecule has 0 bridgehead atoms. The molecule has 2 rings (SSSR count). The Hall–Kier alpha value is -0.460. The van der Waals surface area contributed by atoms with E-state index in [2.05, 4.69) is 12.1 Å². The van der Waals surface area contributed by atoms with Crippen LogP contribution in [-0.2, 0) is 12.8 Å². The summed E-state index contributed by atoms with van der Waals surface area (Å²) in [5.41, 5.74) is 3.84. The van der Waals surface area contributed by atoms with Crippen LogP contribution in [0.25, 0.3) is 0 Å². The molecule has 1 aliphatic carbocycles. The smallest absolute Gasteiger partial charge is 0.0709 e. The van der Waals surface area contributed by atoms with Crippen LogP contribution in [0.4, 0.5) is 0 Å². The Labute approximate surface area is 81.8 Å². The largest absolute Gasteiger partial charge is 0.106 e. The molecule has 2 heteroatoms. The number of halogens is 2. The van der Waals surface area contributed by atoms with Crippen LogP contribution in [0.15, 0.2) is 34.3 Å². The fourth-order valence-corrected chi connectivity index (χ4v) is 1.83. The summed E-state index contributed by atoms with van der Waals surface area (Å²) in [5.74, 6) is 0. The third kappa shape index (κ3) is 1.37. The number of rotatable bonds is 0. The van der Waals surface area contributed by atoms with E-state index in [1.807, 2.05) is 12.1 Å². The first-order valence-electron chi connectivity index (χ1n) is 3.87. The molecule has 0 spiro atoms. The Kier molecular flexibility index (Phi) is 2.12. The van der Waals surface area contributed by atoms with Gasteiger partial charge in [0.1, 0.15) is 4.49 Å². The molecule has 0 saturated heterocycles. The molecule has 1 aromatic carbocycles. The summed E-state index contributed by atoms with van der Waals surface area (Å²) in [6, 6.07) is 8.34. The van der Waals surface area contributed by atoms with Crippen LogP contribution in [0.1, 0.15) is 11.1 Å². The molecule has 0 aliphatic heterocycles. The number of fused-ring (bicyclic) bond motifs is 1. The molecule has 0 unspecified atom stereocenters. The van der Waals surface area contributed by atoms with E-state index >= 15 is 0 Å². The van der Waals surface area contributed by atoms with Crippen molar-refractivity contribution in [1.82, 2.24) is 0 Å². The zero-order chi connectivity index (χ0) is 8.55. The predicted octanol–water partition coefficient (Wildman–Crippen LogP) is 3.47. The summed E-state index contributed by atoms with van der Waals surface area (Å²) in [6.07, 6.45) is 1.83. The van der Waals surface area contributed by atoms with Gasteiger partial charge >= 0.3 is 0 Å². The molecule has 0 N–H and O–H groups in total. The van der Waals surface area contributed by atoms with E-state index in [1.165, 1.54) is 11.1 Å². The molecular weight excluding hydrogens is 191 g/mol. The second-order valence-electron chi connectivity index (χ2n) is 2.99. The van der Waals surface area contributed by atoms with Gasteiger partial charge in [0, 0.05) is 0 Å². The lowest BCUT2D eigenvalue weighted by atomic mass is 10.1. The monoisotopic (exact) mass is 198 g/mol. The molecule has 0 radical (unpaired) electrons. The number of benzene rings is 1. The second kappa shape index (κ2) is 3.12. The van der Waals surface area contributed by atoms with Gasteiger partial charge in [0.2, 0.25) is 0 Å². The lowest BCUT2D eigenvalue weighted by Gasteiger charge is -1.92. The van der Waals surface area contributed by atoms with E-state index in [9.17, 15) is 0 Å². The summed E-state index contributed by atoms with van der Waals surface area (Å²) in [6.45, 7) is 0. The maximum atomic E-state index is 5.72. The molecule has 0 aromatic heterocycles. The van der Waals surface area contributed by atoms with Gasteiger partial charge in [-0.2, -0.15) is 0 Å². The summed E-state index contributed by atoms with van der Waals surface area (Å²) in [4.78, 5) is 0. The van der Waals surface area contributed by atoms with Crippen molar-refractivity contribution in [2.45, 2.75) is 12.8 Å². The molecule has 1 aromatic rings. The van der Waals surface area contributed by atoms with E-state index in [4.69, 9.17) is 23.2 Å². The molecule has 0 atom stereocenters. The van der Waals surface area contributed by atoms with Crippen molar-refractivity contribution in [1.29, 1.82) is 0 Å². The highest BCUT2D eigenvalue weighted by Crippen LogP contribution is 2.30. The van der Waals surface area contributed by atoms with Crippen molar-refractivity contribution in [2.75, 3.05) is 0 Å². The first-order valence-corrected chi connectivity index (χ1v) is 4.63. The molecule has 0 nitrogen and oxygen atoms in total. The first-order chi connectivity index (χ1) is 5.77. The van der Waals surface area contributed by atoms with Crippen LogP contribution in [0.3, 0.4) is 0 Å². The minimum Gasteiger partial charge on any atom is -0.0709 e. The third-order valence-corrected chi connectivity index (χ3v) is 2.73. The average molecular weight is 199 g/mol. The van der Waals surface area contributed by atoms with Gasteiger partial charge in [-0.05, 0) is 29.5 Å². The highest BCUT2D eigenvalue weighted by atomic mass is 35.5. The molecule has 0 saturated carbocycles. The van der Waals surface area contributed by atoms with E-state index in [1.54, 1.807) is 0 Å². The summed E-state index contributed by atoms with van der Waals surface area (Å²) < 4.78 is 0.436. The number of hydrogen-bond acceptors (Lipinski definition) is 0. The lowest BCUT2D eigenvalue weighted by molar-refractivity contribution is 1.17. The standard InChI is InChI=1S/C10H8Cl2/c11-10(12)9-5-7-3-1-2-4-8(7)6-9/h1-4H,5-6H2. The normalized spacial score (nSPS) is 14.7. The second-order valence-corrected chi connectivity index (χ2v) is 3.94.